The van der Waals surface area contributed by atoms with Gasteiger partial charge in [-0.05, 0) is 0 Å². The molecular weight excluding hydrogens is 223 g/mol. The summed E-state index contributed by atoms with van der Waals surface area (Å²) in [6.45, 7) is 0. The lowest BCUT2D eigenvalue weighted by Gasteiger charge is -2.23. The summed E-state index contributed by atoms with van der Waals surface area (Å²) in [6.07, 6.45) is 0. The fraction of sp³-hybridized carbons (Fsp3) is 1.00. The second kappa shape index (κ2) is 4.27. The van der Waals surface area contributed by atoms with Crippen molar-refractivity contribution in [2.75, 3.05) is 26.0 Å². The van der Waals surface area contributed by atoms with Crippen LogP contribution in [0.2, 0.25) is 0 Å². The molecule has 1 aliphatic rings. The topological polar surface area (TPSA) is 46.2 Å². The van der Waals surface area contributed by atoms with E-state index in [0.717, 1.165) is 0 Å². The van der Waals surface area contributed by atoms with Crippen LogP contribution in [0.1, 0.15) is 0 Å². The Morgan fingerprint density at radius 2 is 1.38 bits per heavy atom. The molecule has 1 heterocycles. The number of hydrogen-bond acceptors (Lipinski definition) is 5. The second-order valence-corrected chi connectivity index (χ2v) is 2.84. The Balaban J connectivity index is 2.69. The van der Waals surface area contributed by atoms with E-state index in [1.54, 1.807) is 0 Å². The van der Waals surface area contributed by atoms with E-state index in [0.29, 0.717) is 0 Å². The van der Waals surface area contributed by atoms with Gasteiger partial charge in [0.2, 0.25) is 0 Å². The Hall–Kier alpha value is 0.380. The third kappa shape index (κ3) is 2.07. The fourth-order valence-corrected chi connectivity index (χ4v) is 1.17. The standard InChI is InChI=1S/C6H10Cl2O5/c1-9-5(3-7)11-6(4-8,10-2)13-12-5/h3-4H2,1-2H3/t5-,6-/m0/s1. The minimum atomic E-state index is -1.45. The van der Waals surface area contributed by atoms with E-state index in [1.165, 1.54) is 14.2 Å². The largest absolute Gasteiger partial charge is 0.330 e. The average molecular weight is 233 g/mol. The molecule has 0 amide bonds. The summed E-state index contributed by atoms with van der Waals surface area (Å²) in [5.41, 5.74) is 0. The van der Waals surface area contributed by atoms with Crippen molar-refractivity contribution in [1.82, 2.24) is 0 Å². The van der Waals surface area contributed by atoms with Crippen LogP contribution in [-0.4, -0.2) is 37.9 Å². The van der Waals surface area contributed by atoms with Crippen LogP contribution in [0.3, 0.4) is 0 Å². The van der Waals surface area contributed by atoms with E-state index in [1.807, 2.05) is 0 Å². The molecule has 0 radical (unpaired) electrons. The smallest absolute Gasteiger partial charge is 0.328 e. The van der Waals surface area contributed by atoms with Crippen molar-refractivity contribution in [1.29, 1.82) is 0 Å². The first-order valence-electron chi connectivity index (χ1n) is 3.45. The summed E-state index contributed by atoms with van der Waals surface area (Å²) < 4.78 is 14.9. The molecule has 0 N–H and O–H groups in total. The maximum Gasteiger partial charge on any atom is 0.330 e. The Bertz CT molecular complexity index is 150. The van der Waals surface area contributed by atoms with Gasteiger partial charge in [0.15, 0.2) is 0 Å². The van der Waals surface area contributed by atoms with E-state index in [9.17, 15) is 0 Å². The third-order valence-corrected chi connectivity index (χ3v) is 2.21. The normalized spacial score (nSPS) is 39.7. The molecule has 0 aromatic carbocycles. The van der Waals surface area contributed by atoms with Gasteiger partial charge < -0.3 is 9.47 Å². The van der Waals surface area contributed by atoms with Gasteiger partial charge in [-0.3, -0.25) is 4.74 Å². The van der Waals surface area contributed by atoms with E-state index in [-0.39, 0.29) is 11.8 Å². The zero-order valence-corrected chi connectivity index (χ0v) is 8.72. The zero-order valence-electron chi connectivity index (χ0n) is 7.21. The van der Waals surface area contributed by atoms with Crippen LogP contribution in [0.5, 0.6) is 0 Å². The minimum absolute atomic E-state index is 0.0640. The number of rotatable bonds is 4. The Morgan fingerprint density at radius 1 is 1.00 bits per heavy atom. The highest BCUT2D eigenvalue weighted by Gasteiger charge is 2.54. The molecule has 2 atom stereocenters. The fourth-order valence-electron chi connectivity index (χ4n) is 0.757. The molecule has 1 fully saturated rings. The van der Waals surface area contributed by atoms with Gasteiger partial charge in [-0.15, -0.1) is 23.2 Å². The van der Waals surface area contributed by atoms with Gasteiger partial charge in [0.05, 0.1) is 0 Å². The molecule has 0 bridgehead atoms. The Kier molecular flexibility index (Phi) is 3.76. The monoisotopic (exact) mass is 232 g/mol. The predicted molar refractivity (Wildman–Crippen MR) is 44.2 cm³/mol. The van der Waals surface area contributed by atoms with E-state index in [2.05, 4.69) is 0 Å². The lowest BCUT2D eigenvalue weighted by atomic mass is 10.6. The molecular formula is C6H10Cl2O5. The Morgan fingerprint density at radius 3 is 1.54 bits per heavy atom. The van der Waals surface area contributed by atoms with Gasteiger partial charge >= 0.3 is 11.9 Å². The van der Waals surface area contributed by atoms with Crippen LogP contribution in [0.25, 0.3) is 0 Å². The van der Waals surface area contributed by atoms with Crippen LogP contribution in [-0.2, 0) is 24.0 Å². The van der Waals surface area contributed by atoms with Crippen LogP contribution in [0.4, 0.5) is 0 Å². The van der Waals surface area contributed by atoms with Crippen molar-refractivity contribution in [3.63, 3.8) is 0 Å². The summed E-state index contributed by atoms with van der Waals surface area (Å²) in [6, 6.07) is 0. The zero-order chi connectivity index (χ0) is 9.95. The molecule has 0 spiro atoms. The summed E-state index contributed by atoms with van der Waals surface area (Å²) in [5.74, 6) is -3.03. The molecule has 1 saturated heterocycles. The number of hydrogen-bond donors (Lipinski definition) is 0. The van der Waals surface area contributed by atoms with E-state index in [4.69, 9.17) is 47.2 Å². The second-order valence-electron chi connectivity index (χ2n) is 2.31. The highest BCUT2D eigenvalue weighted by atomic mass is 35.5. The SMILES string of the molecule is CO[C@]1(CCl)OO[C@@](CCl)(OC)O1. The number of ether oxygens (including phenoxy) is 3. The number of methoxy groups -OCH3 is 2. The molecule has 1 rings (SSSR count). The quantitative estimate of drug-likeness (QED) is 0.536. The Labute approximate surface area is 85.7 Å². The molecule has 5 nitrogen and oxygen atoms in total. The molecule has 0 aromatic rings. The first-order valence-corrected chi connectivity index (χ1v) is 4.52. The summed E-state index contributed by atoms with van der Waals surface area (Å²) in [4.78, 5) is 9.50. The number of alkyl halides is 2. The van der Waals surface area contributed by atoms with Crippen molar-refractivity contribution in [3.05, 3.63) is 0 Å². The van der Waals surface area contributed by atoms with Crippen molar-refractivity contribution in [2.45, 2.75) is 11.9 Å². The van der Waals surface area contributed by atoms with Crippen molar-refractivity contribution in [3.8, 4) is 0 Å². The molecule has 0 unspecified atom stereocenters. The molecule has 0 aromatic heterocycles. The van der Waals surface area contributed by atoms with E-state index < -0.39 is 11.9 Å². The van der Waals surface area contributed by atoms with Gasteiger partial charge in [0.1, 0.15) is 11.8 Å². The van der Waals surface area contributed by atoms with Gasteiger partial charge in [0.25, 0.3) is 0 Å². The predicted octanol–water partition coefficient (Wildman–Crippen LogP) is 1.04. The first kappa shape index (κ1) is 11.5. The number of halogens is 2. The maximum absolute atomic E-state index is 5.55. The van der Waals surface area contributed by atoms with Gasteiger partial charge in [-0.2, -0.15) is 9.78 Å². The van der Waals surface area contributed by atoms with Crippen molar-refractivity contribution in [2.24, 2.45) is 0 Å². The molecule has 7 heteroatoms. The van der Waals surface area contributed by atoms with Crippen LogP contribution < -0.4 is 0 Å². The van der Waals surface area contributed by atoms with Gasteiger partial charge in [-0.1, -0.05) is 0 Å². The summed E-state index contributed by atoms with van der Waals surface area (Å²) in [5, 5.41) is 0. The molecule has 78 valence electrons. The van der Waals surface area contributed by atoms with Gasteiger partial charge in [0, 0.05) is 14.2 Å². The van der Waals surface area contributed by atoms with E-state index >= 15 is 0 Å². The van der Waals surface area contributed by atoms with Gasteiger partial charge in [-0.25, -0.2) is 0 Å². The van der Waals surface area contributed by atoms with Crippen molar-refractivity contribution >= 4 is 23.2 Å². The van der Waals surface area contributed by atoms with Crippen molar-refractivity contribution < 1.29 is 24.0 Å². The highest BCUT2D eigenvalue weighted by Crippen LogP contribution is 2.35. The summed E-state index contributed by atoms with van der Waals surface area (Å²) in [7, 11) is 2.73. The highest BCUT2D eigenvalue weighted by molar-refractivity contribution is 6.18. The first-order chi connectivity index (χ1) is 6.16. The lowest BCUT2D eigenvalue weighted by Crippen LogP contribution is -2.41. The molecule has 0 aliphatic carbocycles. The van der Waals surface area contributed by atoms with Crippen LogP contribution >= 0.6 is 23.2 Å². The van der Waals surface area contributed by atoms with Crippen LogP contribution in [0.15, 0.2) is 0 Å². The molecule has 0 saturated carbocycles. The average Bonchev–Trinajstić information content (AvgIpc) is 2.59. The minimum Gasteiger partial charge on any atom is -0.328 e. The molecule has 1 aliphatic heterocycles. The van der Waals surface area contributed by atoms with Crippen LogP contribution in [0, 0.1) is 0 Å². The maximum atomic E-state index is 5.55. The third-order valence-electron chi connectivity index (χ3n) is 1.56. The summed E-state index contributed by atoms with van der Waals surface area (Å²) >= 11 is 11.1. The molecule has 13 heavy (non-hydrogen) atoms. The lowest BCUT2D eigenvalue weighted by molar-refractivity contribution is -0.419.